The third kappa shape index (κ3) is 1.20. The van der Waals surface area contributed by atoms with Gasteiger partial charge in [-0.15, -0.1) is 0 Å². The van der Waals surface area contributed by atoms with Gasteiger partial charge in [-0.1, -0.05) is 0 Å². The maximum atomic E-state index is 8.51. The summed E-state index contributed by atoms with van der Waals surface area (Å²) >= 11 is 0. The number of hydrogen-bond acceptors (Lipinski definition) is 3. The van der Waals surface area contributed by atoms with Crippen LogP contribution in [0.2, 0.25) is 0 Å². The van der Waals surface area contributed by atoms with Crippen LogP contribution in [-0.4, -0.2) is 5.21 Å². The molecule has 0 aromatic heterocycles. The zero-order valence-corrected chi connectivity index (χ0v) is 1.75. The summed E-state index contributed by atoms with van der Waals surface area (Å²) in [6.07, 6.45) is 0. The fourth-order valence-electron chi connectivity index (χ4n) is 0. The highest BCUT2D eigenvalue weighted by atomic mass is 16.5. The first-order chi connectivity index (χ1) is 1.91. The van der Waals surface area contributed by atoms with E-state index in [2.05, 4.69) is 0 Å². The van der Waals surface area contributed by atoms with E-state index < -0.39 is 0 Å². The maximum absolute atomic E-state index is 8.51. The smallest absolute Gasteiger partial charge is 0.275 e. The van der Waals surface area contributed by atoms with E-state index in [0.29, 0.717) is 0 Å². The van der Waals surface area contributed by atoms with Crippen molar-refractivity contribution in [2.45, 2.75) is 0 Å². The third-order valence-electron chi connectivity index (χ3n) is 0.0365. The molecule has 0 amide bonds. The summed E-state index contributed by atoms with van der Waals surface area (Å²) in [6, 6.07) is 0. The molecule has 1 radical (unpaired) electrons. The van der Waals surface area contributed by atoms with Crippen LogP contribution >= 0.6 is 0 Å². The van der Waals surface area contributed by atoms with Gasteiger partial charge in [-0.3, -0.25) is 0 Å². The minimum absolute atomic E-state index is 1.67. The second-order valence-corrected chi connectivity index (χ2v) is 0.171. The molecule has 1 N–H and O–H groups in total. The quantitative estimate of drug-likeness (QED) is 0.307. The molecule has 23 valence electrons. The Hall–Kier alpha value is -0.800. The fourth-order valence-corrected chi connectivity index (χ4v) is 0. The molecule has 4 nitrogen and oxygen atoms in total. The second-order valence-electron chi connectivity index (χ2n) is 0.171. The molecule has 0 saturated carbocycles. The van der Waals surface area contributed by atoms with Gasteiger partial charge in [-0.2, -0.15) is 0 Å². The predicted molar refractivity (Wildman–Crippen MR) is 9.72 cm³/mol. The molecule has 0 aliphatic carbocycles. The molecule has 0 aromatic rings. The summed E-state index contributed by atoms with van der Waals surface area (Å²) in [5.41, 5.74) is 0. The first-order valence-electron chi connectivity index (χ1n) is 0.583. The van der Waals surface area contributed by atoms with Crippen molar-refractivity contribution in [1.29, 1.82) is 0 Å². The average molecular weight is 61.0 g/mol. The van der Waals surface area contributed by atoms with E-state index >= 15 is 0 Å². The van der Waals surface area contributed by atoms with E-state index in [-0.39, 0.29) is 0 Å². The molecular formula is HN2O2. The number of rotatable bonds is 0. The van der Waals surface area contributed by atoms with Crippen LogP contribution < -0.4 is 5.28 Å². The second kappa shape index (κ2) is 2.20. The normalized spacial score (nSPS) is 9.00. The summed E-state index contributed by atoms with van der Waals surface area (Å²) < 4.78 is 0. The van der Waals surface area contributed by atoms with Gasteiger partial charge in [-0.25, -0.2) is 0 Å². The minimum atomic E-state index is 1.67. The Morgan fingerprint density at radius 3 is 2.25 bits per heavy atom. The Labute approximate surface area is 22.3 Å². The first kappa shape index (κ1) is 3.20. The van der Waals surface area contributed by atoms with Crippen molar-refractivity contribution in [1.82, 2.24) is 5.28 Å². The Morgan fingerprint density at radius 2 is 2.25 bits per heavy atom. The summed E-state index contributed by atoms with van der Waals surface area (Å²) in [5.74, 6) is 0. The molecule has 0 spiro atoms. The summed E-state index contributed by atoms with van der Waals surface area (Å²) in [5, 5.41) is 19.0. The van der Waals surface area contributed by atoms with Crippen molar-refractivity contribution in [3.63, 3.8) is 0 Å². The molecular weight excluding hydrogens is 60.0 g/mol. The highest BCUT2D eigenvalue weighted by Gasteiger charge is 1.50. The van der Waals surface area contributed by atoms with E-state index in [4.69, 9.17) is 10.4 Å². The van der Waals surface area contributed by atoms with Crippen molar-refractivity contribution in [3.8, 4) is 0 Å². The Morgan fingerprint density at radius 1 is 2.00 bits per heavy atom. The highest BCUT2D eigenvalue weighted by molar-refractivity contribution is 4.03. The van der Waals surface area contributed by atoms with Crippen LogP contribution in [0.4, 0.5) is 0 Å². The summed E-state index contributed by atoms with van der Waals surface area (Å²) in [7, 11) is 0. The van der Waals surface area contributed by atoms with Crippen molar-refractivity contribution < 1.29 is 5.21 Å². The highest BCUT2D eigenvalue weighted by Crippen LogP contribution is 1.31. The Balaban J connectivity index is 2.55. The average Bonchev–Trinajstić information content (AvgIpc) is 1.37. The van der Waals surface area contributed by atoms with E-state index in [1.54, 1.807) is 10.6 Å². The zero-order valence-electron chi connectivity index (χ0n) is 1.75. The predicted octanol–water partition coefficient (Wildman–Crippen LogP) is -0.339. The van der Waals surface area contributed by atoms with Gasteiger partial charge < -0.3 is 10.4 Å². The van der Waals surface area contributed by atoms with Crippen molar-refractivity contribution >= 4 is 0 Å². The van der Waals surface area contributed by atoms with Gasteiger partial charge in [0.05, 0.1) is 0 Å². The lowest BCUT2D eigenvalue weighted by Crippen LogP contribution is -1.59. The summed E-state index contributed by atoms with van der Waals surface area (Å²) in [4.78, 5) is 0. The molecule has 0 heterocycles. The molecule has 0 aliphatic heterocycles. The van der Waals surface area contributed by atoms with Crippen LogP contribution in [0.3, 0.4) is 0 Å². The van der Waals surface area contributed by atoms with Crippen LogP contribution in [0.1, 0.15) is 0 Å². The van der Waals surface area contributed by atoms with Gasteiger partial charge in [0.2, 0.25) is 0 Å². The lowest BCUT2D eigenvalue weighted by molar-refractivity contribution is 0.276. The fraction of sp³-hybridized carbons (Fsp3) is 0. The van der Waals surface area contributed by atoms with Gasteiger partial charge in [0, 0.05) is 0 Å². The largest absolute Gasteiger partial charge is 0.530 e. The molecule has 0 fully saturated rings. The van der Waals surface area contributed by atoms with Gasteiger partial charge in [0.25, 0.3) is 10.6 Å². The summed E-state index contributed by atoms with van der Waals surface area (Å²) in [6.45, 7) is 0. The molecule has 0 bridgehead atoms. The third-order valence-corrected chi connectivity index (χ3v) is 0.0365. The van der Waals surface area contributed by atoms with Crippen molar-refractivity contribution in [2.75, 3.05) is 0 Å². The number of nitrogens with zero attached hydrogens (tertiary/aromatic N) is 2. The Kier molecular flexibility index (Phi) is 1.76. The lowest BCUT2D eigenvalue weighted by Gasteiger charge is -1.44. The number of hydrogen-bond donors (Lipinski definition) is 1. The van der Waals surface area contributed by atoms with Crippen LogP contribution in [0.5, 0.6) is 0 Å². The SMILES string of the molecule is [O-]/[N+]=N/O. The maximum Gasteiger partial charge on any atom is 0.275 e. The standard InChI is InChI=1S/HN2O2/c3-1-2-4/h(H-,1,3,4). The molecule has 0 saturated heterocycles. The van der Waals surface area contributed by atoms with Gasteiger partial charge >= 0.3 is 0 Å². The lowest BCUT2D eigenvalue weighted by atomic mass is 13.0. The van der Waals surface area contributed by atoms with Crippen LogP contribution in [0.15, 0.2) is 5.28 Å². The molecule has 0 rings (SSSR count). The Bertz CT molecular complexity index is 19.2. The van der Waals surface area contributed by atoms with Crippen molar-refractivity contribution in [3.05, 3.63) is 5.21 Å². The minimum Gasteiger partial charge on any atom is -0.530 e. The van der Waals surface area contributed by atoms with Gasteiger partial charge in [-0.05, 0) is 0 Å². The molecule has 0 aliphatic rings. The van der Waals surface area contributed by atoms with E-state index in [9.17, 15) is 0 Å². The van der Waals surface area contributed by atoms with Crippen LogP contribution in [-0.2, 0) is 0 Å². The molecule has 4 heavy (non-hydrogen) atoms. The molecule has 0 aromatic carbocycles. The van der Waals surface area contributed by atoms with Gasteiger partial charge in [0.15, 0.2) is 0 Å². The van der Waals surface area contributed by atoms with E-state index in [0.717, 1.165) is 0 Å². The molecule has 4 heteroatoms. The zero-order chi connectivity index (χ0) is 3.41. The van der Waals surface area contributed by atoms with E-state index in [1.165, 1.54) is 0 Å². The topological polar surface area (TPSA) is 69.8 Å². The van der Waals surface area contributed by atoms with E-state index in [1.807, 2.05) is 0 Å². The van der Waals surface area contributed by atoms with Gasteiger partial charge in [0.1, 0.15) is 0 Å². The monoisotopic (exact) mass is 61.0 g/mol. The molecule has 0 unspecified atom stereocenters. The van der Waals surface area contributed by atoms with Crippen LogP contribution in [0.25, 0.3) is 0 Å². The first-order valence-corrected chi connectivity index (χ1v) is 0.583. The molecule has 0 atom stereocenters. The van der Waals surface area contributed by atoms with Crippen molar-refractivity contribution in [2.24, 2.45) is 5.28 Å². The van der Waals surface area contributed by atoms with Crippen LogP contribution in [0, 0.1) is 5.21 Å².